The number of anilines is 1. The molecule has 5 rings (SSSR count). The van der Waals surface area contributed by atoms with Crippen molar-refractivity contribution in [1.82, 2.24) is 4.90 Å². The van der Waals surface area contributed by atoms with Crippen LogP contribution in [0.15, 0.2) is 54.6 Å². The van der Waals surface area contributed by atoms with Gasteiger partial charge in [0.15, 0.2) is 0 Å². The fourth-order valence-corrected chi connectivity index (χ4v) is 7.05. The average molecular weight is 486 g/mol. The normalized spacial score (nSPS) is 25.1. The van der Waals surface area contributed by atoms with E-state index in [0.717, 1.165) is 70.4 Å². The predicted molar refractivity (Wildman–Crippen MR) is 144 cm³/mol. The molecule has 5 heteroatoms. The molecule has 3 atom stereocenters. The Kier molecular flexibility index (Phi) is 7.34. The second-order valence-electron chi connectivity index (χ2n) is 11.2. The van der Waals surface area contributed by atoms with Gasteiger partial charge in [-0.3, -0.25) is 4.79 Å². The third-order valence-electron chi connectivity index (χ3n) is 8.84. The quantitative estimate of drug-likeness (QED) is 0.373. The number of carbonyl (C=O) groups is 1. The number of nitrogens with zero attached hydrogens (tertiary/aromatic N) is 3. The Morgan fingerprint density at radius 2 is 1.72 bits per heavy atom. The fourth-order valence-electron chi connectivity index (χ4n) is 7.05. The maximum atomic E-state index is 11.9. The highest BCUT2D eigenvalue weighted by Crippen LogP contribution is 2.52. The van der Waals surface area contributed by atoms with Gasteiger partial charge in [-0.25, -0.2) is 6.57 Å². The van der Waals surface area contributed by atoms with Gasteiger partial charge in [-0.1, -0.05) is 48.0 Å². The van der Waals surface area contributed by atoms with Crippen LogP contribution in [0.5, 0.6) is 0 Å². The van der Waals surface area contributed by atoms with Crippen molar-refractivity contribution in [2.24, 2.45) is 17.8 Å². The van der Waals surface area contributed by atoms with E-state index in [1.54, 1.807) is 0 Å². The van der Waals surface area contributed by atoms with E-state index in [1.807, 2.05) is 6.07 Å². The van der Waals surface area contributed by atoms with Crippen LogP contribution in [0.25, 0.3) is 4.85 Å². The summed E-state index contributed by atoms with van der Waals surface area (Å²) in [6.45, 7) is 17.6. The first kappa shape index (κ1) is 24.8. The van der Waals surface area contributed by atoms with Crippen molar-refractivity contribution in [3.8, 4) is 0 Å². The number of rotatable bonds is 7. The number of hydrogen-bond donors (Lipinski definition) is 0. The van der Waals surface area contributed by atoms with Gasteiger partial charge < -0.3 is 19.4 Å². The molecule has 2 saturated heterocycles. The monoisotopic (exact) mass is 485 g/mol. The lowest BCUT2D eigenvalue weighted by atomic mass is 9.65. The molecule has 0 amide bonds. The Bertz CT molecular complexity index is 1070. The summed E-state index contributed by atoms with van der Waals surface area (Å²) in [6, 6.07) is 19.2. The van der Waals surface area contributed by atoms with E-state index in [0.29, 0.717) is 5.92 Å². The zero-order chi connectivity index (χ0) is 25.1. The summed E-state index contributed by atoms with van der Waals surface area (Å²) >= 11 is 0. The topological polar surface area (TPSA) is 37.1 Å². The molecule has 3 fully saturated rings. The molecule has 2 aromatic carbocycles. The molecule has 5 nitrogen and oxygen atoms in total. The lowest BCUT2D eigenvalue weighted by molar-refractivity contribution is -0.149. The van der Waals surface area contributed by atoms with Crippen molar-refractivity contribution in [2.75, 3.05) is 37.6 Å². The molecule has 0 radical (unpaired) electrons. The van der Waals surface area contributed by atoms with Crippen LogP contribution < -0.4 is 4.90 Å². The lowest BCUT2D eigenvalue weighted by Gasteiger charge is -2.46. The molecule has 0 N–H and O–H groups in total. The highest BCUT2D eigenvalue weighted by Gasteiger charge is 2.58. The second-order valence-corrected chi connectivity index (χ2v) is 11.2. The van der Waals surface area contributed by atoms with Crippen LogP contribution >= 0.6 is 0 Å². The number of hydrogen-bond acceptors (Lipinski definition) is 4. The van der Waals surface area contributed by atoms with Crippen LogP contribution in [0.1, 0.15) is 50.2 Å². The van der Waals surface area contributed by atoms with E-state index in [1.165, 1.54) is 18.2 Å². The van der Waals surface area contributed by atoms with Gasteiger partial charge in [-0.2, -0.15) is 0 Å². The first-order valence-corrected chi connectivity index (χ1v) is 13.6. The number of piperidine rings is 1. The first-order valence-electron chi connectivity index (χ1n) is 13.6. The highest BCUT2D eigenvalue weighted by atomic mass is 16.5. The molecule has 2 heterocycles. The first-order chi connectivity index (χ1) is 17.5. The van der Waals surface area contributed by atoms with Gasteiger partial charge >= 0.3 is 5.97 Å². The minimum atomic E-state index is -0.622. The number of likely N-dealkylation sites (tertiary alicyclic amines) is 1. The molecule has 2 aliphatic heterocycles. The summed E-state index contributed by atoms with van der Waals surface area (Å²) in [6.07, 6.45) is 4.73. The summed E-state index contributed by atoms with van der Waals surface area (Å²) in [5.74, 6) is 0.826. The molecule has 0 aromatic heterocycles. The van der Waals surface area contributed by atoms with Crippen molar-refractivity contribution in [3.63, 3.8) is 0 Å². The predicted octanol–water partition coefficient (Wildman–Crippen LogP) is 5.69. The molecule has 190 valence electrons. The lowest BCUT2D eigenvalue weighted by Crippen LogP contribution is -2.54. The second kappa shape index (κ2) is 10.6. The van der Waals surface area contributed by atoms with Crippen molar-refractivity contribution in [1.29, 1.82) is 0 Å². The largest absolute Gasteiger partial charge is 0.462 e. The maximum Gasteiger partial charge on any atom is 0.302 e. The minimum absolute atomic E-state index is 0.0625. The van der Waals surface area contributed by atoms with E-state index >= 15 is 0 Å². The third-order valence-corrected chi connectivity index (χ3v) is 8.84. The molecule has 0 unspecified atom stereocenters. The SMILES string of the molecule is [C-]#[N+][C@](c1ccccc1)(C1CCN(CC2CN(c3ccc(C)cc3)C2)CC1)[C@H]1CCC[C@@H]1OC(C)=O. The van der Waals surface area contributed by atoms with Crippen molar-refractivity contribution < 1.29 is 9.53 Å². The molecule has 2 aromatic rings. The Morgan fingerprint density at radius 3 is 2.36 bits per heavy atom. The highest BCUT2D eigenvalue weighted by molar-refractivity contribution is 5.66. The Balaban J connectivity index is 1.25. The molecule has 3 aliphatic rings. The van der Waals surface area contributed by atoms with Gasteiger partial charge in [0.2, 0.25) is 0 Å². The Hall–Kier alpha value is -2.84. The number of aryl methyl sites for hydroxylation is 1. The molecular weight excluding hydrogens is 446 g/mol. The van der Waals surface area contributed by atoms with E-state index in [2.05, 4.69) is 70.1 Å². The standard InChI is InChI=1S/C31H39N3O2/c1-23-12-14-28(15-13-23)34-21-25(22-34)20-33-18-16-27(17-19-33)31(32-3,26-8-5-4-6-9-26)29-10-7-11-30(29)36-24(2)35/h4-6,8-9,12-15,25,27,29-30H,7,10-11,16-22H2,1-2H3/t29-,30-,31+/m0/s1. The Morgan fingerprint density at radius 1 is 1.03 bits per heavy atom. The number of carbonyl (C=O) groups excluding carboxylic acids is 1. The van der Waals surface area contributed by atoms with E-state index in [4.69, 9.17) is 11.3 Å². The molecular formula is C31H39N3O2. The fraction of sp³-hybridized carbons (Fsp3) is 0.548. The summed E-state index contributed by atoms with van der Waals surface area (Å²) in [7, 11) is 0. The zero-order valence-electron chi connectivity index (χ0n) is 21.7. The van der Waals surface area contributed by atoms with Crippen LogP contribution in [0.2, 0.25) is 0 Å². The average Bonchev–Trinajstić information content (AvgIpc) is 3.32. The van der Waals surface area contributed by atoms with Gasteiger partial charge in [0.25, 0.3) is 5.54 Å². The van der Waals surface area contributed by atoms with Crippen LogP contribution in [-0.4, -0.2) is 49.7 Å². The van der Waals surface area contributed by atoms with Crippen LogP contribution in [-0.2, 0) is 15.1 Å². The molecule has 1 saturated carbocycles. The summed E-state index contributed by atoms with van der Waals surface area (Å²) in [5, 5.41) is 0. The maximum absolute atomic E-state index is 11.9. The number of ether oxygens (including phenoxy) is 1. The van der Waals surface area contributed by atoms with E-state index in [9.17, 15) is 4.79 Å². The van der Waals surface area contributed by atoms with Gasteiger partial charge in [-0.05, 0) is 64.3 Å². The minimum Gasteiger partial charge on any atom is -0.462 e. The summed E-state index contributed by atoms with van der Waals surface area (Å²) in [4.78, 5) is 21.4. The van der Waals surface area contributed by atoms with Gasteiger partial charge in [0, 0.05) is 49.6 Å². The van der Waals surface area contributed by atoms with Crippen molar-refractivity contribution in [3.05, 3.63) is 77.1 Å². The molecule has 0 bridgehead atoms. The van der Waals surface area contributed by atoms with Crippen LogP contribution in [0.4, 0.5) is 5.69 Å². The number of benzene rings is 2. The van der Waals surface area contributed by atoms with Crippen molar-refractivity contribution in [2.45, 2.75) is 57.6 Å². The van der Waals surface area contributed by atoms with Crippen molar-refractivity contribution >= 4 is 11.7 Å². The number of esters is 1. The van der Waals surface area contributed by atoms with Gasteiger partial charge in [0.05, 0.1) is 5.92 Å². The Labute approximate surface area is 216 Å². The van der Waals surface area contributed by atoms with Crippen LogP contribution in [0.3, 0.4) is 0 Å². The van der Waals surface area contributed by atoms with E-state index in [-0.39, 0.29) is 23.9 Å². The zero-order valence-corrected chi connectivity index (χ0v) is 21.7. The third kappa shape index (κ3) is 4.89. The van der Waals surface area contributed by atoms with E-state index < -0.39 is 5.54 Å². The van der Waals surface area contributed by atoms with Gasteiger partial charge in [-0.15, -0.1) is 0 Å². The molecule has 0 spiro atoms. The summed E-state index contributed by atoms with van der Waals surface area (Å²) in [5.41, 5.74) is 3.12. The summed E-state index contributed by atoms with van der Waals surface area (Å²) < 4.78 is 5.80. The molecule has 1 aliphatic carbocycles. The molecule has 36 heavy (non-hydrogen) atoms. The van der Waals surface area contributed by atoms with Crippen LogP contribution in [0, 0.1) is 31.2 Å². The van der Waals surface area contributed by atoms with Gasteiger partial charge in [0.1, 0.15) is 6.10 Å². The smallest absolute Gasteiger partial charge is 0.302 e.